The molecule has 1 heterocycles. The molecule has 0 aliphatic heterocycles. The number of nitrogens with one attached hydrogen (secondary N) is 1. The molecule has 4 heteroatoms. The molecule has 0 fully saturated rings. The first-order valence-corrected chi connectivity index (χ1v) is 8.19. The molecule has 2 rings (SSSR count). The van der Waals surface area contributed by atoms with Crippen LogP contribution in [-0.2, 0) is 0 Å². The van der Waals surface area contributed by atoms with Crippen LogP contribution >= 0.6 is 11.3 Å². The van der Waals surface area contributed by atoms with E-state index in [9.17, 15) is 0 Å². The van der Waals surface area contributed by atoms with Crippen molar-refractivity contribution in [2.45, 2.75) is 39.7 Å². The van der Waals surface area contributed by atoms with Crippen LogP contribution in [0, 0.1) is 6.92 Å². The number of rotatable bonds is 7. The summed E-state index contributed by atoms with van der Waals surface area (Å²) >= 11 is 1.75. The Labute approximate surface area is 126 Å². The van der Waals surface area contributed by atoms with Crippen LogP contribution in [0.1, 0.15) is 32.3 Å². The minimum Gasteiger partial charge on any atom is -0.361 e. The van der Waals surface area contributed by atoms with Crippen molar-refractivity contribution in [3.05, 3.63) is 23.8 Å². The second-order valence-electron chi connectivity index (χ2n) is 5.70. The number of aromatic nitrogens is 1. The minimum atomic E-state index is 0.635. The predicted octanol–water partition coefficient (Wildman–Crippen LogP) is 4.14. The lowest BCUT2D eigenvalue weighted by molar-refractivity contribution is 0.269. The number of hydrogen-bond acceptors (Lipinski definition) is 4. The Kier molecular flexibility index (Phi) is 5.38. The largest absolute Gasteiger partial charge is 0.361 e. The molecule has 1 aromatic heterocycles. The van der Waals surface area contributed by atoms with E-state index in [4.69, 9.17) is 0 Å². The molecule has 110 valence electrons. The predicted molar refractivity (Wildman–Crippen MR) is 89.8 cm³/mol. The third-order valence-electron chi connectivity index (χ3n) is 3.64. The zero-order chi connectivity index (χ0) is 14.5. The Morgan fingerprint density at radius 1 is 1.30 bits per heavy atom. The van der Waals surface area contributed by atoms with E-state index in [1.54, 1.807) is 11.3 Å². The lowest BCUT2D eigenvalue weighted by Gasteiger charge is -2.20. The first-order chi connectivity index (χ1) is 9.56. The van der Waals surface area contributed by atoms with Gasteiger partial charge in [0.1, 0.15) is 0 Å². The molecule has 0 amide bonds. The van der Waals surface area contributed by atoms with Crippen molar-refractivity contribution in [2.24, 2.45) is 0 Å². The molecule has 0 atom stereocenters. The van der Waals surface area contributed by atoms with Crippen LogP contribution in [0.25, 0.3) is 10.2 Å². The maximum absolute atomic E-state index is 4.61. The summed E-state index contributed by atoms with van der Waals surface area (Å²) < 4.78 is 1.27. The van der Waals surface area contributed by atoms with Gasteiger partial charge in [-0.3, -0.25) is 0 Å². The third kappa shape index (κ3) is 4.18. The van der Waals surface area contributed by atoms with E-state index in [1.807, 2.05) is 0 Å². The highest BCUT2D eigenvalue weighted by atomic mass is 32.1. The van der Waals surface area contributed by atoms with Crippen LogP contribution in [0.2, 0.25) is 0 Å². The van der Waals surface area contributed by atoms with Gasteiger partial charge in [-0.25, -0.2) is 4.98 Å². The van der Waals surface area contributed by atoms with E-state index >= 15 is 0 Å². The highest BCUT2D eigenvalue weighted by Crippen LogP contribution is 2.26. The lowest BCUT2D eigenvalue weighted by Crippen LogP contribution is -2.27. The average molecular weight is 291 g/mol. The first kappa shape index (κ1) is 15.3. The second kappa shape index (κ2) is 7.04. The van der Waals surface area contributed by atoms with Gasteiger partial charge >= 0.3 is 0 Å². The molecule has 0 bridgehead atoms. The molecule has 3 nitrogen and oxygen atoms in total. The number of anilines is 1. The number of unbranched alkanes of at least 4 members (excludes halogenated alkanes) is 1. The van der Waals surface area contributed by atoms with Gasteiger partial charge in [0, 0.05) is 12.6 Å². The highest BCUT2D eigenvalue weighted by molar-refractivity contribution is 7.22. The van der Waals surface area contributed by atoms with Crippen LogP contribution in [0.15, 0.2) is 18.2 Å². The summed E-state index contributed by atoms with van der Waals surface area (Å²) in [6.45, 7) is 8.77. The van der Waals surface area contributed by atoms with E-state index in [1.165, 1.54) is 29.6 Å². The summed E-state index contributed by atoms with van der Waals surface area (Å²) in [5, 5.41) is 4.49. The van der Waals surface area contributed by atoms with Crippen molar-refractivity contribution in [1.82, 2.24) is 9.88 Å². The van der Waals surface area contributed by atoms with Crippen LogP contribution in [-0.4, -0.2) is 36.1 Å². The average Bonchev–Trinajstić information content (AvgIpc) is 2.79. The van der Waals surface area contributed by atoms with Crippen LogP contribution in [0.5, 0.6) is 0 Å². The molecule has 0 spiro atoms. The molecule has 0 aliphatic carbocycles. The Morgan fingerprint density at radius 2 is 2.10 bits per heavy atom. The lowest BCUT2D eigenvalue weighted by atomic mass is 10.2. The monoisotopic (exact) mass is 291 g/mol. The third-order valence-corrected chi connectivity index (χ3v) is 4.62. The topological polar surface area (TPSA) is 28.2 Å². The molecule has 0 aliphatic rings. The Morgan fingerprint density at radius 3 is 2.85 bits per heavy atom. The van der Waals surface area contributed by atoms with E-state index < -0.39 is 0 Å². The van der Waals surface area contributed by atoms with Crippen LogP contribution in [0.3, 0.4) is 0 Å². The summed E-state index contributed by atoms with van der Waals surface area (Å²) in [6.07, 6.45) is 2.41. The summed E-state index contributed by atoms with van der Waals surface area (Å²) in [6, 6.07) is 7.06. The molecule has 1 N–H and O–H groups in total. The Hall–Kier alpha value is -1.13. The van der Waals surface area contributed by atoms with Crippen molar-refractivity contribution < 1.29 is 0 Å². The van der Waals surface area contributed by atoms with Gasteiger partial charge < -0.3 is 10.2 Å². The fourth-order valence-corrected chi connectivity index (χ4v) is 3.04. The summed E-state index contributed by atoms with van der Waals surface area (Å²) in [7, 11) is 2.19. The summed E-state index contributed by atoms with van der Waals surface area (Å²) in [5.41, 5.74) is 2.40. The Balaban J connectivity index is 1.76. The van der Waals surface area contributed by atoms with E-state index in [0.717, 1.165) is 17.2 Å². The van der Waals surface area contributed by atoms with E-state index in [2.05, 4.69) is 61.2 Å². The zero-order valence-corrected chi connectivity index (χ0v) is 13.8. The highest BCUT2D eigenvalue weighted by Gasteiger charge is 2.04. The number of nitrogens with zero attached hydrogens (tertiary/aromatic N) is 2. The van der Waals surface area contributed by atoms with Gasteiger partial charge in [-0.15, -0.1) is 0 Å². The molecule has 0 radical (unpaired) electrons. The van der Waals surface area contributed by atoms with Crippen molar-refractivity contribution in [3.63, 3.8) is 0 Å². The number of aryl methyl sites for hydroxylation is 1. The maximum Gasteiger partial charge on any atom is 0.183 e. The number of thiazole rings is 1. The Bertz CT molecular complexity index is 548. The molecular weight excluding hydrogens is 266 g/mol. The van der Waals surface area contributed by atoms with E-state index in [-0.39, 0.29) is 0 Å². The number of benzene rings is 1. The van der Waals surface area contributed by atoms with Gasteiger partial charge in [0.25, 0.3) is 0 Å². The summed E-state index contributed by atoms with van der Waals surface area (Å²) in [4.78, 5) is 7.00. The second-order valence-corrected chi connectivity index (χ2v) is 6.73. The molecule has 20 heavy (non-hydrogen) atoms. The molecule has 1 aromatic carbocycles. The normalized spacial score (nSPS) is 11.7. The molecule has 0 unspecified atom stereocenters. The van der Waals surface area contributed by atoms with Crippen LogP contribution < -0.4 is 5.32 Å². The van der Waals surface area contributed by atoms with Crippen molar-refractivity contribution in [2.75, 3.05) is 25.5 Å². The number of hydrogen-bond donors (Lipinski definition) is 1. The zero-order valence-electron chi connectivity index (χ0n) is 12.9. The van der Waals surface area contributed by atoms with Crippen molar-refractivity contribution in [3.8, 4) is 0 Å². The van der Waals surface area contributed by atoms with Gasteiger partial charge in [-0.2, -0.15) is 0 Å². The van der Waals surface area contributed by atoms with Crippen molar-refractivity contribution in [1.29, 1.82) is 0 Å². The van der Waals surface area contributed by atoms with Gasteiger partial charge in [-0.05, 0) is 64.9 Å². The quantitative estimate of drug-likeness (QED) is 0.777. The molecule has 0 saturated carbocycles. The molecule has 2 aromatic rings. The van der Waals surface area contributed by atoms with Gasteiger partial charge in [-0.1, -0.05) is 17.4 Å². The fourth-order valence-electron chi connectivity index (χ4n) is 2.05. The van der Waals surface area contributed by atoms with Gasteiger partial charge in [0.05, 0.1) is 10.2 Å². The van der Waals surface area contributed by atoms with Crippen molar-refractivity contribution >= 4 is 26.7 Å². The standard InChI is InChI=1S/C16H25N3S/c1-12(2)19(4)10-6-5-9-17-16-18-14-8-7-13(3)11-15(14)20-16/h7-8,11-12H,5-6,9-10H2,1-4H3,(H,17,18). The maximum atomic E-state index is 4.61. The van der Waals surface area contributed by atoms with Gasteiger partial charge in [0.2, 0.25) is 0 Å². The van der Waals surface area contributed by atoms with Gasteiger partial charge in [0.15, 0.2) is 5.13 Å². The van der Waals surface area contributed by atoms with Crippen LogP contribution in [0.4, 0.5) is 5.13 Å². The fraction of sp³-hybridized carbons (Fsp3) is 0.562. The SMILES string of the molecule is Cc1ccc2nc(NCCCCN(C)C(C)C)sc2c1. The first-order valence-electron chi connectivity index (χ1n) is 7.37. The number of fused-ring (bicyclic) bond motifs is 1. The molecular formula is C16H25N3S. The summed E-state index contributed by atoms with van der Waals surface area (Å²) in [5.74, 6) is 0. The minimum absolute atomic E-state index is 0.635. The molecule has 0 saturated heterocycles. The van der Waals surface area contributed by atoms with E-state index in [0.29, 0.717) is 6.04 Å². The smallest absolute Gasteiger partial charge is 0.183 e.